The molecule has 1 unspecified atom stereocenters. The summed E-state index contributed by atoms with van der Waals surface area (Å²) >= 11 is 0. The maximum absolute atomic E-state index is 5.47. The SMILES string of the molecule is CO[C@H]1CNCC1Nc1ccnc2ccccc12. The van der Waals surface area contributed by atoms with E-state index < -0.39 is 0 Å². The first kappa shape index (κ1) is 11.4. The van der Waals surface area contributed by atoms with E-state index in [1.807, 2.05) is 30.5 Å². The van der Waals surface area contributed by atoms with Crippen LogP contribution in [0.4, 0.5) is 5.69 Å². The molecule has 1 saturated heterocycles. The van der Waals surface area contributed by atoms with Crippen LogP contribution >= 0.6 is 0 Å². The lowest BCUT2D eigenvalue weighted by Gasteiger charge is -2.20. The lowest BCUT2D eigenvalue weighted by Crippen LogP contribution is -2.33. The zero-order chi connectivity index (χ0) is 12.4. The standard InChI is InChI=1S/C14H17N3O/c1-18-14-9-15-8-13(14)17-12-6-7-16-11-5-3-2-4-10(11)12/h2-7,13-15H,8-9H2,1H3,(H,16,17)/t13?,14-/m0/s1. The van der Waals surface area contributed by atoms with E-state index in [2.05, 4.69) is 21.7 Å². The number of para-hydroxylation sites is 1. The largest absolute Gasteiger partial charge is 0.378 e. The quantitative estimate of drug-likeness (QED) is 0.860. The van der Waals surface area contributed by atoms with Crippen molar-refractivity contribution in [1.29, 1.82) is 0 Å². The topological polar surface area (TPSA) is 46.2 Å². The molecule has 4 nitrogen and oxygen atoms in total. The molecule has 0 bridgehead atoms. The normalized spacial score (nSPS) is 23.4. The molecule has 18 heavy (non-hydrogen) atoms. The number of nitrogens with zero attached hydrogens (tertiary/aromatic N) is 1. The zero-order valence-electron chi connectivity index (χ0n) is 10.4. The fraction of sp³-hybridized carbons (Fsp3) is 0.357. The maximum atomic E-state index is 5.47. The van der Waals surface area contributed by atoms with Crippen LogP contribution in [0, 0.1) is 0 Å². The summed E-state index contributed by atoms with van der Waals surface area (Å²) < 4.78 is 5.47. The van der Waals surface area contributed by atoms with Gasteiger partial charge in [-0.25, -0.2) is 0 Å². The maximum Gasteiger partial charge on any atom is 0.0908 e. The Kier molecular flexibility index (Phi) is 3.13. The summed E-state index contributed by atoms with van der Waals surface area (Å²) in [6.07, 6.45) is 2.06. The van der Waals surface area contributed by atoms with Crippen molar-refractivity contribution in [2.24, 2.45) is 0 Å². The molecule has 3 rings (SSSR count). The molecule has 1 aromatic heterocycles. The predicted molar refractivity (Wildman–Crippen MR) is 72.8 cm³/mol. The van der Waals surface area contributed by atoms with E-state index >= 15 is 0 Å². The van der Waals surface area contributed by atoms with Gasteiger partial charge in [0.1, 0.15) is 0 Å². The Bertz CT molecular complexity index is 538. The van der Waals surface area contributed by atoms with Crippen LogP contribution < -0.4 is 10.6 Å². The van der Waals surface area contributed by atoms with Gasteiger partial charge in [-0.15, -0.1) is 0 Å². The molecular weight excluding hydrogens is 226 g/mol. The van der Waals surface area contributed by atoms with Gasteiger partial charge in [-0.05, 0) is 12.1 Å². The summed E-state index contributed by atoms with van der Waals surface area (Å²) in [5.74, 6) is 0. The molecule has 0 amide bonds. The van der Waals surface area contributed by atoms with Crippen LogP contribution in [0.2, 0.25) is 0 Å². The number of methoxy groups -OCH3 is 1. The number of fused-ring (bicyclic) bond motifs is 1. The first-order valence-corrected chi connectivity index (χ1v) is 6.22. The van der Waals surface area contributed by atoms with Gasteiger partial charge in [-0.2, -0.15) is 0 Å². The molecule has 1 aromatic carbocycles. The number of pyridine rings is 1. The first-order valence-electron chi connectivity index (χ1n) is 6.22. The molecule has 1 aliphatic heterocycles. The minimum Gasteiger partial charge on any atom is -0.378 e. The van der Waals surface area contributed by atoms with Crippen molar-refractivity contribution in [2.75, 3.05) is 25.5 Å². The Hall–Kier alpha value is -1.65. The van der Waals surface area contributed by atoms with Gasteiger partial charge in [0.2, 0.25) is 0 Å². The summed E-state index contributed by atoms with van der Waals surface area (Å²) in [5.41, 5.74) is 2.14. The highest BCUT2D eigenvalue weighted by Crippen LogP contribution is 2.23. The fourth-order valence-electron chi connectivity index (χ4n) is 2.47. The van der Waals surface area contributed by atoms with Gasteiger partial charge in [0, 0.05) is 37.5 Å². The summed E-state index contributed by atoms with van der Waals surface area (Å²) in [6, 6.07) is 10.5. The number of rotatable bonds is 3. The third-order valence-corrected chi connectivity index (χ3v) is 3.45. The molecule has 94 valence electrons. The van der Waals surface area contributed by atoms with Gasteiger partial charge in [0.15, 0.2) is 0 Å². The van der Waals surface area contributed by atoms with Crippen LogP contribution in [0.1, 0.15) is 0 Å². The van der Waals surface area contributed by atoms with Gasteiger partial charge >= 0.3 is 0 Å². The van der Waals surface area contributed by atoms with Crippen molar-refractivity contribution in [3.05, 3.63) is 36.5 Å². The summed E-state index contributed by atoms with van der Waals surface area (Å²) in [6.45, 7) is 1.83. The molecule has 1 aliphatic rings. The molecule has 0 aliphatic carbocycles. The Labute approximate surface area is 106 Å². The lowest BCUT2D eigenvalue weighted by atomic mass is 10.1. The number of nitrogens with one attached hydrogen (secondary N) is 2. The molecule has 2 heterocycles. The van der Waals surface area contributed by atoms with Crippen molar-refractivity contribution >= 4 is 16.6 Å². The molecule has 0 spiro atoms. The van der Waals surface area contributed by atoms with Crippen LogP contribution in [0.3, 0.4) is 0 Å². The number of ether oxygens (including phenoxy) is 1. The monoisotopic (exact) mass is 243 g/mol. The number of anilines is 1. The van der Waals surface area contributed by atoms with E-state index in [0.717, 1.165) is 29.7 Å². The average Bonchev–Trinajstić information content (AvgIpc) is 2.86. The summed E-state index contributed by atoms with van der Waals surface area (Å²) in [4.78, 5) is 4.37. The number of hydrogen-bond acceptors (Lipinski definition) is 4. The second kappa shape index (κ2) is 4.92. The number of hydrogen-bond donors (Lipinski definition) is 2. The molecule has 2 aromatic rings. The van der Waals surface area contributed by atoms with E-state index in [9.17, 15) is 0 Å². The fourth-order valence-corrected chi connectivity index (χ4v) is 2.47. The van der Waals surface area contributed by atoms with Crippen molar-refractivity contribution in [3.63, 3.8) is 0 Å². The highest BCUT2D eigenvalue weighted by atomic mass is 16.5. The van der Waals surface area contributed by atoms with E-state index in [4.69, 9.17) is 4.74 Å². The van der Waals surface area contributed by atoms with Crippen LogP contribution in [-0.4, -0.2) is 37.3 Å². The van der Waals surface area contributed by atoms with Crippen molar-refractivity contribution in [3.8, 4) is 0 Å². The van der Waals surface area contributed by atoms with E-state index in [0.29, 0.717) is 6.04 Å². The highest BCUT2D eigenvalue weighted by molar-refractivity contribution is 5.91. The third kappa shape index (κ3) is 2.05. The minimum absolute atomic E-state index is 0.219. The summed E-state index contributed by atoms with van der Waals surface area (Å²) in [5, 5.41) is 8.05. The molecular formula is C14H17N3O. The van der Waals surface area contributed by atoms with Gasteiger partial charge < -0.3 is 15.4 Å². The molecule has 1 fully saturated rings. The van der Waals surface area contributed by atoms with Crippen LogP contribution in [0.25, 0.3) is 10.9 Å². The lowest BCUT2D eigenvalue weighted by molar-refractivity contribution is 0.112. The van der Waals surface area contributed by atoms with Gasteiger partial charge in [0.05, 0.1) is 17.7 Å². The van der Waals surface area contributed by atoms with Crippen molar-refractivity contribution in [2.45, 2.75) is 12.1 Å². The minimum atomic E-state index is 0.219. The van der Waals surface area contributed by atoms with Crippen molar-refractivity contribution < 1.29 is 4.74 Å². The average molecular weight is 243 g/mol. The van der Waals surface area contributed by atoms with Crippen LogP contribution in [0.5, 0.6) is 0 Å². The Balaban J connectivity index is 1.90. The predicted octanol–water partition coefficient (Wildman–Crippen LogP) is 1.63. The number of aromatic nitrogens is 1. The molecule has 4 heteroatoms. The van der Waals surface area contributed by atoms with Crippen LogP contribution in [-0.2, 0) is 4.74 Å². The highest BCUT2D eigenvalue weighted by Gasteiger charge is 2.26. The second-order valence-electron chi connectivity index (χ2n) is 4.56. The zero-order valence-corrected chi connectivity index (χ0v) is 10.4. The first-order chi connectivity index (χ1) is 8.88. The number of benzene rings is 1. The third-order valence-electron chi connectivity index (χ3n) is 3.45. The Morgan fingerprint density at radius 2 is 2.17 bits per heavy atom. The molecule has 2 atom stereocenters. The molecule has 2 N–H and O–H groups in total. The summed E-state index contributed by atoms with van der Waals surface area (Å²) in [7, 11) is 1.76. The molecule has 0 saturated carbocycles. The Morgan fingerprint density at radius 3 is 3.06 bits per heavy atom. The van der Waals surface area contributed by atoms with E-state index in [1.54, 1.807) is 7.11 Å². The van der Waals surface area contributed by atoms with Crippen molar-refractivity contribution in [1.82, 2.24) is 10.3 Å². The van der Waals surface area contributed by atoms with E-state index in [1.165, 1.54) is 0 Å². The second-order valence-corrected chi connectivity index (χ2v) is 4.56. The molecule has 0 radical (unpaired) electrons. The smallest absolute Gasteiger partial charge is 0.0908 e. The van der Waals surface area contributed by atoms with Gasteiger partial charge in [-0.1, -0.05) is 18.2 Å². The van der Waals surface area contributed by atoms with Gasteiger partial charge in [-0.3, -0.25) is 4.98 Å². The van der Waals surface area contributed by atoms with Gasteiger partial charge in [0.25, 0.3) is 0 Å². The van der Waals surface area contributed by atoms with E-state index in [-0.39, 0.29) is 6.10 Å². The van der Waals surface area contributed by atoms with Crippen LogP contribution in [0.15, 0.2) is 36.5 Å². The Morgan fingerprint density at radius 1 is 1.28 bits per heavy atom.